The lowest BCUT2D eigenvalue weighted by Crippen LogP contribution is -2.11. The smallest absolute Gasteiger partial charge is 0.249 e. The van der Waals surface area contributed by atoms with Crippen LogP contribution in [0, 0.1) is 0 Å². The van der Waals surface area contributed by atoms with E-state index in [1.165, 1.54) is 41.5 Å². The summed E-state index contributed by atoms with van der Waals surface area (Å²) in [5.41, 5.74) is 13.6. The van der Waals surface area contributed by atoms with Gasteiger partial charge >= 0.3 is 0 Å². The summed E-state index contributed by atoms with van der Waals surface area (Å²) in [6, 6.07) is 31.6. The minimum absolute atomic E-state index is 0.388. The molecule has 0 aliphatic carbocycles. The zero-order chi connectivity index (χ0) is 23.5. The summed E-state index contributed by atoms with van der Waals surface area (Å²) in [7, 11) is 0. The maximum atomic E-state index is 12.3. The van der Waals surface area contributed by atoms with E-state index >= 15 is 0 Å². The molecule has 3 nitrogen and oxygen atoms in total. The molecule has 1 aromatic heterocycles. The van der Waals surface area contributed by atoms with Crippen LogP contribution in [0.2, 0.25) is 0 Å². The molecule has 5 aromatic rings. The number of fused-ring (bicyclic) bond motifs is 3. The number of carbonyl (C=O) groups is 1. The summed E-state index contributed by atoms with van der Waals surface area (Å²) in [5, 5.41) is 2.03. The van der Waals surface area contributed by atoms with Crippen LogP contribution in [0.15, 0.2) is 91.0 Å². The number of hydrogen-bond donors (Lipinski definition) is 1. The van der Waals surface area contributed by atoms with Crippen LogP contribution in [-0.4, -0.2) is 10.5 Å². The molecule has 170 valence electrons. The van der Waals surface area contributed by atoms with Gasteiger partial charge in [-0.1, -0.05) is 92.6 Å². The molecule has 34 heavy (non-hydrogen) atoms. The highest BCUT2D eigenvalue weighted by atomic mass is 16.1. The predicted molar refractivity (Wildman–Crippen MR) is 142 cm³/mol. The SMILES string of the molecule is CCCCCc1ccc2c3c(C(N)=O)cccc3n(Cc3ccccc3-c3ccccc3)c2c1. The van der Waals surface area contributed by atoms with E-state index < -0.39 is 0 Å². The zero-order valence-corrected chi connectivity index (χ0v) is 19.6. The lowest BCUT2D eigenvalue weighted by Gasteiger charge is -2.13. The number of primary amides is 1. The Kier molecular flexibility index (Phi) is 6.18. The van der Waals surface area contributed by atoms with Gasteiger partial charge in [-0.25, -0.2) is 0 Å². The summed E-state index contributed by atoms with van der Waals surface area (Å²) in [6.07, 6.45) is 4.69. The van der Waals surface area contributed by atoms with Crippen molar-refractivity contribution >= 4 is 27.7 Å². The minimum atomic E-state index is -0.388. The van der Waals surface area contributed by atoms with Gasteiger partial charge in [0.15, 0.2) is 0 Å². The molecule has 0 bridgehead atoms. The third kappa shape index (κ3) is 4.10. The number of nitrogens with zero attached hydrogens (tertiary/aromatic N) is 1. The molecular weight excluding hydrogens is 416 g/mol. The number of aryl methyl sites for hydroxylation is 1. The topological polar surface area (TPSA) is 48.0 Å². The summed E-state index contributed by atoms with van der Waals surface area (Å²) in [4.78, 5) is 12.3. The number of carbonyl (C=O) groups excluding carboxylic acids is 1. The van der Waals surface area contributed by atoms with Crippen molar-refractivity contribution in [2.45, 2.75) is 39.2 Å². The van der Waals surface area contributed by atoms with Crippen molar-refractivity contribution in [2.24, 2.45) is 5.73 Å². The standard InChI is InChI=1S/C31H30N2O/c1-2-3-5-11-22-18-19-26-29(20-22)33(28-17-10-16-27(30(26)28)31(32)34)21-24-14-8-9-15-25(24)23-12-6-4-7-13-23/h4,6-10,12-20H,2-3,5,11,21H2,1H3,(H2,32,34). The van der Waals surface area contributed by atoms with Crippen LogP contribution in [0.3, 0.4) is 0 Å². The van der Waals surface area contributed by atoms with E-state index in [1.807, 2.05) is 18.2 Å². The summed E-state index contributed by atoms with van der Waals surface area (Å²) in [5.74, 6) is -0.388. The summed E-state index contributed by atoms with van der Waals surface area (Å²) in [6.45, 7) is 2.95. The van der Waals surface area contributed by atoms with Gasteiger partial charge in [0.2, 0.25) is 5.91 Å². The van der Waals surface area contributed by atoms with Gasteiger partial charge in [-0.2, -0.15) is 0 Å². The average molecular weight is 447 g/mol. The fraction of sp³-hybridized carbons (Fsp3) is 0.194. The van der Waals surface area contributed by atoms with Gasteiger partial charge in [-0.15, -0.1) is 0 Å². The van der Waals surface area contributed by atoms with E-state index in [-0.39, 0.29) is 5.91 Å². The molecule has 1 amide bonds. The molecule has 0 saturated carbocycles. The molecule has 4 aromatic carbocycles. The second kappa shape index (κ2) is 9.56. The number of hydrogen-bond acceptors (Lipinski definition) is 1. The Morgan fingerprint density at radius 1 is 0.824 bits per heavy atom. The molecule has 1 heterocycles. The molecule has 0 aliphatic rings. The Morgan fingerprint density at radius 3 is 2.41 bits per heavy atom. The average Bonchev–Trinajstić information content (AvgIpc) is 3.18. The van der Waals surface area contributed by atoms with Crippen molar-refractivity contribution < 1.29 is 4.79 Å². The minimum Gasteiger partial charge on any atom is -0.366 e. The number of unbranched alkanes of at least 4 members (excludes halogenated alkanes) is 2. The molecule has 5 rings (SSSR count). The van der Waals surface area contributed by atoms with E-state index in [0.29, 0.717) is 12.1 Å². The first kappa shape index (κ1) is 22.0. The molecule has 0 unspecified atom stereocenters. The first-order chi connectivity index (χ1) is 16.7. The molecule has 0 fully saturated rings. The second-order valence-corrected chi connectivity index (χ2v) is 8.98. The molecule has 3 heteroatoms. The van der Waals surface area contributed by atoms with Gasteiger partial charge in [0.05, 0.1) is 5.52 Å². The van der Waals surface area contributed by atoms with Crippen LogP contribution >= 0.6 is 0 Å². The van der Waals surface area contributed by atoms with Crippen molar-refractivity contribution in [1.82, 2.24) is 4.57 Å². The van der Waals surface area contributed by atoms with Crippen molar-refractivity contribution in [3.8, 4) is 11.1 Å². The maximum Gasteiger partial charge on any atom is 0.249 e. The molecule has 0 aliphatic heterocycles. The van der Waals surface area contributed by atoms with E-state index in [4.69, 9.17) is 5.73 Å². The lowest BCUT2D eigenvalue weighted by molar-refractivity contribution is 0.100. The third-order valence-electron chi connectivity index (χ3n) is 6.72. The Hall–Kier alpha value is -3.85. The fourth-order valence-corrected chi connectivity index (χ4v) is 5.03. The van der Waals surface area contributed by atoms with Gasteiger partial charge in [0.1, 0.15) is 0 Å². The van der Waals surface area contributed by atoms with E-state index in [1.54, 1.807) is 0 Å². The molecule has 0 atom stereocenters. The number of aromatic nitrogens is 1. The lowest BCUT2D eigenvalue weighted by atomic mass is 9.99. The number of amides is 1. The van der Waals surface area contributed by atoms with E-state index in [2.05, 4.69) is 84.3 Å². The van der Waals surface area contributed by atoms with Crippen molar-refractivity contribution in [1.29, 1.82) is 0 Å². The Bertz CT molecular complexity index is 1460. The molecule has 0 spiro atoms. The fourth-order valence-electron chi connectivity index (χ4n) is 5.03. The van der Waals surface area contributed by atoms with Crippen LogP contribution in [0.1, 0.15) is 47.7 Å². The molecule has 2 N–H and O–H groups in total. The highest BCUT2D eigenvalue weighted by Crippen LogP contribution is 2.34. The predicted octanol–water partition coefficient (Wildman–Crippen LogP) is 7.34. The molecule has 0 saturated heterocycles. The highest BCUT2D eigenvalue weighted by Gasteiger charge is 2.18. The van der Waals surface area contributed by atoms with E-state index in [9.17, 15) is 4.79 Å². The molecular formula is C31H30N2O. The largest absolute Gasteiger partial charge is 0.366 e. The van der Waals surface area contributed by atoms with Gasteiger partial charge in [0, 0.05) is 28.4 Å². The van der Waals surface area contributed by atoms with Gasteiger partial charge < -0.3 is 10.3 Å². The Morgan fingerprint density at radius 2 is 1.62 bits per heavy atom. The third-order valence-corrected chi connectivity index (χ3v) is 6.72. The van der Waals surface area contributed by atoms with Crippen LogP contribution in [0.4, 0.5) is 0 Å². The second-order valence-electron chi connectivity index (χ2n) is 8.98. The number of rotatable bonds is 8. The first-order valence-electron chi connectivity index (χ1n) is 12.1. The van der Waals surface area contributed by atoms with Gasteiger partial charge in [-0.05, 0) is 53.3 Å². The Balaban J connectivity index is 1.70. The summed E-state index contributed by atoms with van der Waals surface area (Å²) < 4.78 is 2.35. The monoisotopic (exact) mass is 446 g/mol. The van der Waals surface area contributed by atoms with Crippen LogP contribution in [0.25, 0.3) is 32.9 Å². The first-order valence-corrected chi connectivity index (χ1v) is 12.1. The van der Waals surface area contributed by atoms with E-state index in [0.717, 1.165) is 28.2 Å². The van der Waals surface area contributed by atoms with Gasteiger partial charge in [-0.3, -0.25) is 4.79 Å². The van der Waals surface area contributed by atoms with Gasteiger partial charge in [0.25, 0.3) is 0 Å². The summed E-state index contributed by atoms with van der Waals surface area (Å²) >= 11 is 0. The number of nitrogens with two attached hydrogens (primary N) is 1. The van der Waals surface area contributed by atoms with Crippen LogP contribution in [-0.2, 0) is 13.0 Å². The zero-order valence-electron chi connectivity index (χ0n) is 19.6. The highest BCUT2D eigenvalue weighted by molar-refractivity contribution is 6.18. The van der Waals surface area contributed by atoms with Crippen LogP contribution < -0.4 is 5.73 Å². The quantitative estimate of drug-likeness (QED) is 0.249. The van der Waals surface area contributed by atoms with Crippen LogP contribution in [0.5, 0.6) is 0 Å². The van der Waals surface area contributed by atoms with Crippen molar-refractivity contribution in [3.63, 3.8) is 0 Å². The molecule has 0 radical (unpaired) electrons. The Labute approximate surface area is 200 Å². The van der Waals surface area contributed by atoms with Crippen molar-refractivity contribution in [3.05, 3.63) is 108 Å². The number of benzene rings is 4. The van der Waals surface area contributed by atoms with Crippen molar-refractivity contribution in [2.75, 3.05) is 0 Å². The normalized spacial score (nSPS) is 11.3. The maximum absolute atomic E-state index is 12.3.